The van der Waals surface area contributed by atoms with Gasteiger partial charge in [-0.25, -0.2) is 15.0 Å². The van der Waals surface area contributed by atoms with Gasteiger partial charge in [-0.05, 0) is 12.1 Å². The summed E-state index contributed by atoms with van der Waals surface area (Å²) in [4.78, 5) is 33.1. The smallest absolute Gasteiger partial charge is 0.290 e. The van der Waals surface area contributed by atoms with E-state index in [4.69, 9.17) is 11.6 Å². The first-order chi connectivity index (χ1) is 9.08. The van der Waals surface area contributed by atoms with E-state index in [0.717, 1.165) is 12.3 Å². The second kappa shape index (κ2) is 5.36. The quantitative estimate of drug-likeness (QED) is 0.520. The van der Waals surface area contributed by atoms with Crippen molar-refractivity contribution in [2.45, 2.75) is 0 Å². The van der Waals surface area contributed by atoms with Gasteiger partial charge in [-0.1, -0.05) is 11.6 Å². The van der Waals surface area contributed by atoms with Gasteiger partial charge in [0.2, 0.25) is 5.95 Å². The highest BCUT2D eigenvalue weighted by molar-refractivity contribution is 6.30. The van der Waals surface area contributed by atoms with Crippen molar-refractivity contribution in [2.24, 2.45) is 0 Å². The number of nitrogens with zero attached hydrogens (tertiary/aromatic N) is 4. The number of hydrogen-bond acceptors (Lipinski definition) is 6. The number of carbonyl (C=O) groups excluding carboxylic acids is 1. The SMILES string of the molecule is O=C(Nc1ncccn1)c1cc(Cl)ncc1[N+](=O)[O-]. The molecule has 0 atom stereocenters. The molecule has 2 aromatic rings. The summed E-state index contributed by atoms with van der Waals surface area (Å²) in [5.41, 5.74) is -0.657. The van der Waals surface area contributed by atoms with E-state index in [1.165, 1.54) is 12.4 Å². The predicted molar refractivity (Wildman–Crippen MR) is 65.9 cm³/mol. The molecule has 1 amide bonds. The summed E-state index contributed by atoms with van der Waals surface area (Å²) in [5, 5.41) is 13.1. The van der Waals surface area contributed by atoms with Crippen LogP contribution < -0.4 is 5.32 Å². The van der Waals surface area contributed by atoms with Gasteiger partial charge in [-0.15, -0.1) is 0 Å². The van der Waals surface area contributed by atoms with Crippen LogP contribution in [0.2, 0.25) is 5.15 Å². The molecule has 2 heterocycles. The van der Waals surface area contributed by atoms with Gasteiger partial charge in [0, 0.05) is 12.4 Å². The van der Waals surface area contributed by atoms with E-state index in [0.29, 0.717) is 0 Å². The third-order valence-electron chi connectivity index (χ3n) is 2.08. The predicted octanol–water partition coefficient (Wildman–Crippen LogP) is 1.69. The lowest BCUT2D eigenvalue weighted by Gasteiger charge is -2.04. The Morgan fingerprint density at radius 3 is 2.63 bits per heavy atom. The van der Waals surface area contributed by atoms with Gasteiger partial charge >= 0.3 is 0 Å². The van der Waals surface area contributed by atoms with E-state index >= 15 is 0 Å². The van der Waals surface area contributed by atoms with Gasteiger partial charge < -0.3 is 0 Å². The number of amides is 1. The summed E-state index contributed by atoms with van der Waals surface area (Å²) in [5.74, 6) is -0.697. The van der Waals surface area contributed by atoms with Gasteiger partial charge in [0.25, 0.3) is 11.6 Å². The van der Waals surface area contributed by atoms with E-state index < -0.39 is 16.5 Å². The Morgan fingerprint density at radius 2 is 2.00 bits per heavy atom. The number of carbonyl (C=O) groups is 1. The van der Waals surface area contributed by atoms with Crippen LogP contribution in [0.5, 0.6) is 0 Å². The fourth-order valence-electron chi connectivity index (χ4n) is 1.28. The topological polar surface area (TPSA) is 111 Å². The van der Waals surface area contributed by atoms with E-state index in [-0.39, 0.29) is 16.7 Å². The number of aromatic nitrogens is 3. The molecule has 2 rings (SSSR count). The van der Waals surface area contributed by atoms with Crippen molar-refractivity contribution in [1.82, 2.24) is 15.0 Å². The third kappa shape index (κ3) is 2.99. The third-order valence-corrected chi connectivity index (χ3v) is 2.29. The van der Waals surface area contributed by atoms with Crippen molar-refractivity contribution in [1.29, 1.82) is 0 Å². The van der Waals surface area contributed by atoms with E-state index in [9.17, 15) is 14.9 Å². The maximum Gasteiger partial charge on any atom is 0.300 e. The Bertz CT molecular complexity index is 634. The van der Waals surface area contributed by atoms with Crippen molar-refractivity contribution in [3.63, 3.8) is 0 Å². The van der Waals surface area contributed by atoms with Crippen LogP contribution in [0.25, 0.3) is 0 Å². The monoisotopic (exact) mass is 279 g/mol. The van der Waals surface area contributed by atoms with E-state index in [1.807, 2.05) is 0 Å². The Hall–Kier alpha value is -2.61. The normalized spacial score (nSPS) is 9.95. The average Bonchev–Trinajstić information content (AvgIpc) is 2.39. The zero-order valence-electron chi connectivity index (χ0n) is 9.28. The summed E-state index contributed by atoms with van der Waals surface area (Å²) in [6.07, 6.45) is 3.77. The van der Waals surface area contributed by atoms with Crippen LogP contribution in [-0.2, 0) is 0 Å². The highest BCUT2D eigenvalue weighted by Gasteiger charge is 2.21. The van der Waals surface area contributed by atoms with Gasteiger partial charge in [-0.3, -0.25) is 20.2 Å². The van der Waals surface area contributed by atoms with Crippen molar-refractivity contribution in [3.05, 3.63) is 51.6 Å². The average molecular weight is 280 g/mol. The first kappa shape index (κ1) is 12.8. The summed E-state index contributed by atoms with van der Waals surface area (Å²) in [7, 11) is 0. The van der Waals surface area contributed by atoms with Gasteiger partial charge in [0.15, 0.2) is 0 Å². The standard InChI is InChI=1S/C10H6ClN5O3/c11-8-4-6(7(5-14-8)16(18)19)9(17)15-10-12-2-1-3-13-10/h1-5H,(H,12,13,15,17). The number of anilines is 1. The fourth-order valence-corrected chi connectivity index (χ4v) is 1.44. The van der Waals surface area contributed by atoms with E-state index in [1.54, 1.807) is 6.07 Å². The second-order valence-electron chi connectivity index (χ2n) is 3.31. The number of rotatable bonds is 3. The van der Waals surface area contributed by atoms with Crippen LogP contribution in [0, 0.1) is 10.1 Å². The van der Waals surface area contributed by atoms with Crippen LogP contribution in [0.15, 0.2) is 30.7 Å². The second-order valence-corrected chi connectivity index (χ2v) is 3.70. The summed E-state index contributed by atoms with van der Waals surface area (Å²) in [6, 6.07) is 2.68. The molecular formula is C10H6ClN5O3. The van der Waals surface area contributed by atoms with Crippen LogP contribution >= 0.6 is 11.6 Å². The molecule has 8 nitrogen and oxygen atoms in total. The van der Waals surface area contributed by atoms with Crippen molar-refractivity contribution >= 4 is 29.1 Å². The Labute approximate surface area is 111 Å². The molecule has 0 radical (unpaired) electrons. The molecule has 0 aliphatic heterocycles. The lowest BCUT2D eigenvalue weighted by molar-refractivity contribution is -0.385. The van der Waals surface area contributed by atoms with Crippen molar-refractivity contribution < 1.29 is 9.72 Å². The van der Waals surface area contributed by atoms with Crippen molar-refractivity contribution in [3.8, 4) is 0 Å². The van der Waals surface area contributed by atoms with Crippen molar-refractivity contribution in [2.75, 3.05) is 5.32 Å². The largest absolute Gasteiger partial charge is 0.300 e. The van der Waals surface area contributed by atoms with Gasteiger partial charge in [-0.2, -0.15) is 0 Å². The fraction of sp³-hybridized carbons (Fsp3) is 0. The Balaban J connectivity index is 2.33. The number of hydrogen-bond donors (Lipinski definition) is 1. The molecule has 96 valence electrons. The Morgan fingerprint density at radius 1 is 1.32 bits per heavy atom. The minimum Gasteiger partial charge on any atom is -0.290 e. The summed E-state index contributed by atoms with van der Waals surface area (Å²) in [6.45, 7) is 0. The molecule has 19 heavy (non-hydrogen) atoms. The lowest BCUT2D eigenvalue weighted by atomic mass is 10.2. The number of pyridine rings is 1. The molecule has 0 aromatic carbocycles. The molecule has 2 aromatic heterocycles. The minimum atomic E-state index is -0.734. The van der Waals surface area contributed by atoms with Crippen LogP contribution in [-0.4, -0.2) is 25.8 Å². The molecule has 9 heteroatoms. The maximum absolute atomic E-state index is 11.9. The van der Waals surface area contributed by atoms with Crippen LogP contribution in [0.1, 0.15) is 10.4 Å². The summed E-state index contributed by atoms with van der Waals surface area (Å²) >= 11 is 5.62. The molecule has 0 unspecified atom stereocenters. The summed E-state index contributed by atoms with van der Waals surface area (Å²) < 4.78 is 0. The molecule has 0 saturated carbocycles. The van der Waals surface area contributed by atoms with Gasteiger partial charge in [0.1, 0.15) is 16.9 Å². The van der Waals surface area contributed by atoms with E-state index in [2.05, 4.69) is 20.3 Å². The lowest BCUT2D eigenvalue weighted by Crippen LogP contribution is -2.16. The molecule has 0 spiro atoms. The molecular weight excluding hydrogens is 274 g/mol. The molecule has 0 aliphatic carbocycles. The molecule has 0 fully saturated rings. The molecule has 0 aliphatic rings. The zero-order valence-corrected chi connectivity index (χ0v) is 10.0. The molecule has 1 N–H and O–H groups in total. The number of halogens is 1. The highest BCUT2D eigenvalue weighted by Crippen LogP contribution is 2.20. The first-order valence-electron chi connectivity index (χ1n) is 4.96. The molecule has 0 bridgehead atoms. The van der Waals surface area contributed by atoms with Crippen LogP contribution in [0.4, 0.5) is 11.6 Å². The number of nitrogens with one attached hydrogen (secondary N) is 1. The maximum atomic E-state index is 11.9. The minimum absolute atomic E-state index is 0.0234. The number of nitro groups is 1. The van der Waals surface area contributed by atoms with Gasteiger partial charge in [0.05, 0.1) is 4.92 Å². The Kier molecular flexibility index (Phi) is 3.62. The zero-order chi connectivity index (χ0) is 13.8. The highest BCUT2D eigenvalue weighted by atomic mass is 35.5. The van der Waals surface area contributed by atoms with Crippen LogP contribution in [0.3, 0.4) is 0 Å². The molecule has 0 saturated heterocycles. The first-order valence-corrected chi connectivity index (χ1v) is 5.34.